The number of nitrogens with zero attached hydrogens (tertiary/aromatic N) is 3. The first kappa shape index (κ1) is 29.4. The third kappa shape index (κ3) is 5.41. The summed E-state index contributed by atoms with van der Waals surface area (Å²) in [7, 11) is 0. The second-order valence-corrected chi connectivity index (χ2v) is 12.4. The standard InChI is InChI=1S/C47H31N3/c1-3-13-32(14-4-1)33-24-26-34(27-25-33)43-30-44(50-47(49-43)35-15-5-2-6-16-35)36-17-11-18-37(29-36)45-39-20-7-9-22-41(39)46(38-19-12-28-48-31-38)42-23-10-8-21-40(42)45/h1-31H. The fourth-order valence-electron chi connectivity index (χ4n) is 7.02. The maximum atomic E-state index is 5.16. The van der Waals surface area contributed by atoms with Gasteiger partial charge in [-0.15, -0.1) is 0 Å². The van der Waals surface area contributed by atoms with Gasteiger partial charge in [-0.25, -0.2) is 9.97 Å². The molecule has 0 unspecified atom stereocenters. The van der Waals surface area contributed by atoms with Crippen molar-refractivity contribution in [2.75, 3.05) is 0 Å². The lowest BCUT2D eigenvalue weighted by molar-refractivity contribution is 1.18. The van der Waals surface area contributed by atoms with Gasteiger partial charge in [0.2, 0.25) is 0 Å². The molecule has 0 N–H and O–H groups in total. The summed E-state index contributed by atoms with van der Waals surface area (Å²) in [5.41, 5.74) is 11.9. The number of benzene rings is 7. The quantitative estimate of drug-likeness (QED) is 0.170. The molecule has 9 rings (SSSR count). The normalized spacial score (nSPS) is 11.2. The van der Waals surface area contributed by atoms with E-state index < -0.39 is 0 Å². The van der Waals surface area contributed by atoms with Gasteiger partial charge >= 0.3 is 0 Å². The molecule has 0 fully saturated rings. The molecule has 0 saturated heterocycles. The zero-order chi connectivity index (χ0) is 33.3. The van der Waals surface area contributed by atoms with E-state index >= 15 is 0 Å². The maximum absolute atomic E-state index is 5.16. The second-order valence-electron chi connectivity index (χ2n) is 12.4. The van der Waals surface area contributed by atoms with Crippen LogP contribution in [0.4, 0.5) is 0 Å². The van der Waals surface area contributed by atoms with Crippen molar-refractivity contribution in [1.29, 1.82) is 0 Å². The van der Waals surface area contributed by atoms with Crippen molar-refractivity contribution < 1.29 is 0 Å². The smallest absolute Gasteiger partial charge is 0.160 e. The van der Waals surface area contributed by atoms with Crippen molar-refractivity contribution in [3.63, 3.8) is 0 Å². The molecule has 0 amide bonds. The summed E-state index contributed by atoms with van der Waals surface area (Å²) in [6.07, 6.45) is 3.79. The van der Waals surface area contributed by atoms with Crippen LogP contribution < -0.4 is 0 Å². The van der Waals surface area contributed by atoms with Crippen molar-refractivity contribution >= 4 is 21.5 Å². The van der Waals surface area contributed by atoms with Crippen LogP contribution in [0.3, 0.4) is 0 Å². The molecule has 9 aromatic rings. The Morgan fingerprint density at radius 3 is 1.36 bits per heavy atom. The fourth-order valence-corrected chi connectivity index (χ4v) is 7.02. The number of pyridine rings is 1. The monoisotopic (exact) mass is 637 g/mol. The van der Waals surface area contributed by atoms with Crippen LogP contribution in [-0.2, 0) is 0 Å². The molecule has 0 atom stereocenters. The van der Waals surface area contributed by atoms with Crippen molar-refractivity contribution in [3.8, 4) is 67.3 Å². The SMILES string of the molecule is c1ccc(-c2ccc(-c3cc(-c4cccc(-c5c6ccccc6c(-c6cccnc6)c6ccccc56)c4)nc(-c4ccccc4)n3)cc2)cc1. The van der Waals surface area contributed by atoms with Gasteiger partial charge in [-0.3, -0.25) is 4.98 Å². The van der Waals surface area contributed by atoms with Crippen LogP contribution in [0.5, 0.6) is 0 Å². The molecule has 0 aliphatic carbocycles. The minimum absolute atomic E-state index is 0.701. The van der Waals surface area contributed by atoms with Gasteiger partial charge in [0.1, 0.15) is 0 Å². The summed E-state index contributed by atoms with van der Waals surface area (Å²) in [5, 5.41) is 4.81. The lowest BCUT2D eigenvalue weighted by Crippen LogP contribution is -1.96. The highest BCUT2D eigenvalue weighted by Gasteiger charge is 2.18. The zero-order valence-electron chi connectivity index (χ0n) is 27.2. The summed E-state index contributed by atoms with van der Waals surface area (Å²) >= 11 is 0. The van der Waals surface area contributed by atoms with Gasteiger partial charge in [-0.2, -0.15) is 0 Å². The molecule has 0 bridgehead atoms. The number of hydrogen-bond donors (Lipinski definition) is 0. The van der Waals surface area contributed by atoms with Crippen LogP contribution in [0.2, 0.25) is 0 Å². The Kier molecular flexibility index (Phi) is 7.49. The predicted molar refractivity (Wildman–Crippen MR) is 207 cm³/mol. The van der Waals surface area contributed by atoms with Crippen molar-refractivity contribution in [2.45, 2.75) is 0 Å². The highest BCUT2D eigenvalue weighted by Crippen LogP contribution is 2.44. The van der Waals surface area contributed by atoms with E-state index in [4.69, 9.17) is 9.97 Å². The van der Waals surface area contributed by atoms with E-state index in [0.717, 1.165) is 39.2 Å². The van der Waals surface area contributed by atoms with Crippen LogP contribution in [0.15, 0.2) is 188 Å². The Hall–Kier alpha value is -6.71. The van der Waals surface area contributed by atoms with Gasteiger partial charge < -0.3 is 0 Å². The van der Waals surface area contributed by atoms with Crippen molar-refractivity contribution in [1.82, 2.24) is 15.0 Å². The minimum atomic E-state index is 0.701. The Bertz CT molecular complexity index is 2560. The summed E-state index contributed by atoms with van der Waals surface area (Å²) in [6.45, 7) is 0. The lowest BCUT2D eigenvalue weighted by Gasteiger charge is -2.18. The highest BCUT2D eigenvalue weighted by molar-refractivity contribution is 6.21. The first-order valence-corrected chi connectivity index (χ1v) is 16.9. The van der Waals surface area contributed by atoms with Gasteiger partial charge in [0.25, 0.3) is 0 Å². The lowest BCUT2D eigenvalue weighted by atomic mass is 9.86. The molecule has 7 aromatic carbocycles. The Labute approximate surface area is 291 Å². The fraction of sp³-hybridized carbons (Fsp3) is 0. The Balaban J connectivity index is 1.22. The summed E-state index contributed by atoms with van der Waals surface area (Å²) in [5.74, 6) is 0.701. The Morgan fingerprint density at radius 2 is 0.760 bits per heavy atom. The minimum Gasteiger partial charge on any atom is -0.264 e. The molecule has 50 heavy (non-hydrogen) atoms. The average Bonchev–Trinajstić information content (AvgIpc) is 3.21. The molecule has 0 aliphatic heterocycles. The van der Waals surface area contributed by atoms with E-state index in [0.29, 0.717) is 5.82 Å². The largest absolute Gasteiger partial charge is 0.264 e. The number of rotatable bonds is 6. The van der Waals surface area contributed by atoms with Crippen LogP contribution in [0, 0.1) is 0 Å². The van der Waals surface area contributed by atoms with E-state index in [1.54, 1.807) is 0 Å². The van der Waals surface area contributed by atoms with Crippen LogP contribution in [0.25, 0.3) is 88.8 Å². The zero-order valence-corrected chi connectivity index (χ0v) is 27.2. The molecule has 2 heterocycles. The predicted octanol–water partition coefficient (Wildman–Crippen LogP) is 12.2. The average molecular weight is 638 g/mol. The molecule has 0 spiro atoms. The molecule has 0 saturated carbocycles. The van der Waals surface area contributed by atoms with E-state index in [9.17, 15) is 0 Å². The summed E-state index contributed by atoms with van der Waals surface area (Å²) < 4.78 is 0. The molecule has 0 aliphatic rings. The molecular weight excluding hydrogens is 607 g/mol. The first-order chi connectivity index (χ1) is 24.8. The molecule has 3 nitrogen and oxygen atoms in total. The Morgan fingerprint density at radius 1 is 0.300 bits per heavy atom. The maximum Gasteiger partial charge on any atom is 0.160 e. The van der Waals surface area contributed by atoms with E-state index in [1.165, 1.54) is 43.8 Å². The van der Waals surface area contributed by atoms with Gasteiger partial charge in [-0.1, -0.05) is 158 Å². The highest BCUT2D eigenvalue weighted by atomic mass is 14.9. The van der Waals surface area contributed by atoms with Crippen molar-refractivity contribution in [3.05, 3.63) is 188 Å². The topological polar surface area (TPSA) is 38.7 Å². The molecule has 3 heteroatoms. The second kappa shape index (κ2) is 12.7. The van der Waals surface area contributed by atoms with Crippen molar-refractivity contribution in [2.24, 2.45) is 0 Å². The molecule has 2 aromatic heterocycles. The van der Waals surface area contributed by atoms with Gasteiger partial charge in [0.15, 0.2) is 5.82 Å². The number of hydrogen-bond acceptors (Lipinski definition) is 3. The number of aromatic nitrogens is 3. The van der Waals surface area contributed by atoms with E-state index in [-0.39, 0.29) is 0 Å². The third-order valence-corrected chi connectivity index (χ3v) is 9.37. The molecule has 0 radical (unpaired) electrons. The summed E-state index contributed by atoms with van der Waals surface area (Å²) in [6, 6.07) is 61.8. The van der Waals surface area contributed by atoms with Crippen LogP contribution >= 0.6 is 0 Å². The third-order valence-electron chi connectivity index (χ3n) is 9.37. The van der Waals surface area contributed by atoms with E-state index in [1.807, 2.05) is 42.7 Å². The molecular formula is C47H31N3. The first-order valence-electron chi connectivity index (χ1n) is 16.9. The van der Waals surface area contributed by atoms with Gasteiger partial charge in [0.05, 0.1) is 11.4 Å². The van der Waals surface area contributed by atoms with Gasteiger partial charge in [-0.05, 0) is 67.6 Å². The molecule has 234 valence electrons. The van der Waals surface area contributed by atoms with Crippen LogP contribution in [-0.4, -0.2) is 15.0 Å². The summed E-state index contributed by atoms with van der Waals surface area (Å²) in [4.78, 5) is 14.7. The van der Waals surface area contributed by atoms with Crippen LogP contribution in [0.1, 0.15) is 0 Å². The number of fused-ring (bicyclic) bond motifs is 2. The van der Waals surface area contributed by atoms with E-state index in [2.05, 4.69) is 151 Å². The van der Waals surface area contributed by atoms with Gasteiger partial charge in [0, 0.05) is 34.6 Å².